The number of hydrogen-bond acceptors (Lipinski definition) is 5. The van der Waals surface area contributed by atoms with Gasteiger partial charge in [-0.05, 0) is 53.4 Å². The van der Waals surface area contributed by atoms with E-state index < -0.39 is 11.6 Å². The maximum Gasteiger partial charge on any atom is 0.313 e. The number of rotatable bonds is 11. The number of allylic oxidation sites excluding steroid dienone is 1. The second-order valence-corrected chi connectivity index (χ2v) is 5.25. The van der Waals surface area contributed by atoms with Crippen molar-refractivity contribution in [1.82, 2.24) is 0 Å². The standard InChI is InChI=1S/C17H32O5/c1-5-13-18-14-9-11-16(19-6-2)12-10-15-22-17(16,20-7-3)21-8-4/h5,13H,6-12,14-15H2,1-4H3. The van der Waals surface area contributed by atoms with Crippen LogP contribution in [0.4, 0.5) is 0 Å². The van der Waals surface area contributed by atoms with E-state index in [1.165, 1.54) is 0 Å². The van der Waals surface area contributed by atoms with Gasteiger partial charge in [-0.15, -0.1) is 0 Å². The minimum absolute atomic E-state index is 0.518. The van der Waals surface area contributed by atoms with E-state index in [0.717, 1.165) is 25.7 Å². The Morgan fingerprint density at radius 1 is 1.05 bits per heavy atom. The van der Waals surface area contributed by atoms with E-state index in [-0.39, 0.29) is 0 Å². The summed E-state index contributed by atoms with van der Waals surface area (Å²) in [6.45, 7) is 10.7. The summed E-state index contributed by atoms with van der Waals surface area (Å²) in [5.74, 6) is -1.11. The number of ether oxygens (including phenoxy) is 5. The molecule has 5 heteroatoms. The predicted octanol–water partition coefficient (Wildman–Crippen LogP) is 3.63. The highest BCUT2D eigenvalue weighted by atomic mass is 16.9. The Balaban J connectivity index is 2.86. The highest BCUT2D eigenvalue weighted by molar-refractivity contribution is 4.94. The maximum atomic E-state index is 6.15. The van der Waals surface area contributed by atoms with Gasteiger partial charge in [0.05, 0.1) is 19.5 Å². The van der Waals surface area contributed by atoms with Gasteiger partial charge < -0.3 is 23.7 Å². The molecule has 0 spiro atoms. The van der Waals surface area contributed by atoms with Gasteiger partial charge in [-0.2, -0.15) is 0 Å². The van der Waals surface area contributed by atoms with Crippen LogP contribution in [-0.2, 0) is 23.7 Å². The summed E-state index contributed by atoms with van der Waals surface area (Å²) >= 11 is 0. The SMILES string of the molecule is CC=COCCCC1(OCC)CCCOC1(OCC)OCC. The van der Waals surface area contributed by atoms with Crippen LogP contribution in [0.2, 0.25) is 0 Å². The average Bonchev–Trinajstić information content (AvgIpc) is 2.51. The lowest BCUT2D eigenvalue weighted by Crippen LogP contribution is -2.63. The summed E-state index contributed by atoms with van der Waals surface area (Å²) in [5.41, 5.74) is -0.578. The van der Waals surface area contributed by atoms with Gasteiger partial charge in [-0.1, -0.05) is 6.08 Å². The van der Waals surface area contributed by atoms with Gasteiger partial charge in [-0.3, -0.25) is 0 Å². The fourth-order valence-electron chi connectivity index (χ4n) is 3.01. The molecule has 0 bridgehead atoms. The quantitative estimate of drug-likeness (QED) is 0.331. The summed E-state index contributed by atoms with van der Waals surface area (Å²) in [5, 5.41) is 0. The Hall–Kier alpha value is -0.620. The molecule has 1 aliphatic heterocycles. The molecule has 1 unspecified atom stereocenters. The minimum atomic E-state index is -1.11. The number of hydrogen-bond donors (Lipinski definition) is 0. The Labute approximate surface area is 134 Å². The molecule has 0 aromatic rings. The van der Waals surface area contributed by atoms with Gasteiger partial charge in [-0.25, -0.2) is 0 Å². The van der Waals surface area contributed by atoms with Crippen molar-refractivity contribution >= 4 is 0 Å². The van der Waals surface area contributed by atoms with Crippen molar-refractivity contribution in [2.45, 2.75) is 65.0 Å². The summed E-state index contributed by atoms with van der Waals surface area (Å²) in [7, 11) is 0. The van der Waals surface area contributed by atoms with Crippen molar-refractivity contribution < 1.29 is 23.7 Å². The van der Waals surface area contributed by atoms with E-state index in [4.69, 9.17) is 23.7 Å². The predicted molar refractivity (Wildman–Crippen MR) is 85.5 cm³/mol. The molecule has 1 rings (SSSR count). The molecule has 0 amide bonds. The van der Waals surface area contributed by atoms with Crippen molar-refractivity contribution in [2.75, 3.05) is 33.0 Å². The van der Waals surface area contributed by atoms with E-state index in [1.807, 2.05) is 33.8 Å². The summed E-state index contributed by atoms with van der Waals surface area (Å²) in [6.07, 6.45) is 7.03. The first kappa shape index (κ1) is 19.4. The zero-order valence-electron chi connectivity index (χ0n) is 14.6. The first-order chi connectivity index (χ1) is 10.7. The van der Waals surface area contributed by atoms with Gasteiger partial charge in [0, 0.05) is 19.8 Å². The molecule has 5 nitrogen and oxygen atoms in total. The van der Waals surface area contributed by atoms with E-state index >= 15 is 0 Å². The first-order valence-corrected chi connectivity index (χ1v) is 8.48. The van der Waals surface area contributed by atoms with E-state index in [0.29, 0.717) is 33.0 Å². The van der Waals surface area contributed by atoms with Crippen LogP contribution in [0.25, 0.3) is 0 Å². The average molecular weight is 316 g/mol. The van der Waals surface area contributed by atoms with E-state index in [1.54, 1.807) is 6.26 Å². The second-order valence-electron chi connectivity index (χ2n) is 5.25. The molecule has 1 saturated heterocycles. The summed E-state index contributed by atoms with van der Waals surface area (Å²) in [4.78, 5) is 0. The molecular weight excluding hydrogens is 284 g/mol. The third-order valence-electron chi connectivity index (χ3n) is 3.74. The lowest BCUT2D eigenvalue weighted by Gasteiger charge is -2.50. The molecule has 1 aliphatic rings. The van der Waals surface area contributed by atoms with Gasteiger partial charge in [0.15, 0.2) is 0 Å². The van der Waals surface area contributed by atoms with Crippen LogP contribution in [-0.4, -0.2) is 44.6 Å². The lowest BCUT2D eigenvalue weighted by atomic mass is 9.87. The third-order valence-corrected chi connectivity index (χ3v) is 3.74. The van der Waals surface area contributed by atoms with Crippen LogP contribution >= 0.6 is 0 Å². The van der Waals surface area contributed by atoms with Gasteiger partial charge in [0.1, 0.15) is 5.60 Å². The van der Waals surface area contributed by atoms with Crippen LogP contribution in [0.3, 0.4) is 0 Å². The molecule has 130 valence electrons. The summed E-state index contributed by atoms with van der Waals surface area (Å²) in [6, 6.07) is 0. The maximum absolute atomic E-state index is 6.15. The fourth-order valence-corrected chi connectivity index (χ4v) is 3.01. The highest BCUT2D eigenvalue weighted by Gasteiger charge is 2.57. The van der Waals surface area contributed by atoms with Gasteiger partial charge in [0.25, 0.3) is 0 Å². The topological polar surface area (TPSA) is 46.2 Å². The van der Waals surface area contributed by atoms with Gasteiger partial charge in [0.2, 0.25) is 0 Å². The van der Waals surface area contributed by atoms with Crippen molar-refractivity contribution in [3.63, 3.8) is 0 Å². The molecule has 0 aromatic heterocycles. The molecule has 0 radical (unpaired) electrons. The monoisotopic (exact) mass is 316 g/mol. The van der Waals surface area contributed by atoms with Crippen molar-refractivity contribution in [1.29, 1.82) is 0 Å². The highest BCUT2D eigenvalue weighted by Crippen LogP contribution is 2.43. The van der Waals surface area contributed by atoms with Crippen molar-refractivity contribution in [3.8, 4) is 0 Å². The third kappa shape index (κ3) is 4.69. The fraction of sp³-hybridized carbons (Fsp3) is 0.882. The second kappa shape index (κ2) is 10.2. The van der Waals surface area contributed by atoms with Crippen LogP contribution < -0.4 is 0 Å². The van der Waals surface area contributed by atoms with E-state index in [2.05, 4.69) is 0 Å². The minimum Gasteiger partial charge on any atom is -0.502 e. The molecule has 1 heterocycles. The lowest BCUT2D eigenvalue weighted by molar-refractivity contribution is -0.459. The van der Waals surface area contributed by atoms with Crippen LogP contribution in [0.15, 0.2) is 12.3 Å². The van der Waals surface area contributed by atoms with Crippen molar-refractivity contribution in [2.24, 2.45) is 0 Å². The Kier molecular flexibility index (Phi) is 9.02. The van der Waals surface area contributed by atoms with Crippen LogP contribution in [0.5, 0.6) is 0 Å². The Morgan fingerprint density at radius 3 is 2.32 bits per heavy atom. The zero-order chi connectivity index (χ0) is 16.3. The first-order valence-electron chi connectivity index (χ1n) is 8.48. The van der Waals surface area contributed by atoms with Crippen LogP contribution in [0, 0.1) is 0 Å². The largest absolute Gasteiger partial charge is 0.502 e. The summed E-state index contributed by atoms with van der Waals surface area (Å²) < 4.78 is 29.4. The zero-order valence-corrected chi connectivity index (χ0v) is 14.6. The molecule has 22 heavy (non-hydrogen) atoms. The Morgan fingerprint density at radius 2 is 1.73 bits per heavy atom. The normalized spacial score (nSPS) is 24.7. The molecule has 0 aromatic carbocycles. The van der Waals surface area contributed by atoms with E-state index in [9.17, 15) is 0 Å². The van der Waals surface area contributed by atoms with Crippen molar-refractivity contribution in [3.05, 3.63) is 12.3 Å². The van der Waals surface area contributed by atoms with Crippen LogP contribution in [0.1, 0.15) is 53.4 Å². The molecule has 1 atom stereocenters. The molecule has 1 fully saturated rings. The molecule has 0 aliphatic carbocycles. The molecular formula is C17H32O5. The smallest absolute Gasteiger partial charge is 0.313 e. The van der Waals surface area contributed by atoms with Gasteiger partial charge >= 0.3 is 5.97 Å². The Bertz CT molecular complexity index is 303. The molecule has 0 N–H and O–H groups in total. The molecule has 0 saturated carbocycles.